The third-order valence-electron chi connectivity index (χ3n) is 3.62. The summed E-state index contributed by atoms with van der Waals surface area (Å²) in [6, 6.07) is 7.97. The van der Waals surface area contributed by atoms with Crippen LogP contribution in [0.25, 0.3) is 22.3 Å². The van der Waals surface area contributed by atoms with E-state index in [1.165, 1.54) is 17.7 Å². The molecule has 0 aliphatic carbocycles. The molecule has 0 aliphatic rings. The van der Waals surface area contributed by atoms with Gasteiger partial charge in [-0.15, -0.1) is 0 Å². The Morgan fingerprint density at radius 3 is 2.58 bits per heavy atom. The van der Waals surface area contributed by atoms with Crippen molar-refractivity contribution in [1.82, 2.24) is 9.55 Å². The van der Waals surface area contributed by atoms with Crippen LogP contribution in [0, 0.1) is 0 Å². The molecule has 0 saturated carbocycles. The van der Waals surface area contributed by atoms with Gasteiger partial charge < -0.3 is 5.11 Å². The maximum absolute atomic E-state index is 13.0. The summed E-state index contributed by atoms with van der Waals surface area (Å²) in [5.41, 5.74) is -1.12. The second-order valence-corrected chi connectivity index (χ2v) is 6.02. The lowest BCUT2D eigenvalue weighted by Gasteiger charge is -2.13. The van der Waals surface area contributed by atoms with Crippen LogP contribution >= 0.6 is 15.9 Å². The fourth-order valence-electron chi connectivity index (χ4n) is 2.42. The zero-order valence-electron chi connectivity index (χ0n) is 12.2. The van der Waals surface area contributed by atoms with E-state index in [2.05, 4.69) is 20.9 Å². The zero-order chi connectivity index (χ0) is 17.6. The number of phenolic OH excluding ortho intramolecular Hbond substituents is 1. The first-order valence-corrected chi connectivity index (χ1v) is 7.55. The van der Waals surface area contributed by atoms with Crippen molar-refractivity contribution in [2.45, 2.75) is 6.18 Å². The summed E-state index contributed by atoms with van der Waals surface area (Å²) in [5, 5.41) is 9.79. The molecule has 0 amide bonds. The van der Waals surface area contributed by atoms with Crippen LogP contribution < -0.4 is 5.56 Å². The quantitative estimate of drug-likeness (QED) is 0.671. The minimum atomic E-state index is -4.71. The lowest BCUT2D eigenvalue weighted by Crippen LogP contribution is -2.20. The van der Waals surface area contributed by atoms with E-state index < -0.39 is 17.5 Å². The number of alkyl halides is 3. The highest BCUT2D eigenvalue weighted by molar-refractivity contribution is 9.10. The molecule has 0 fully saturated rings. The Hall–Kier alpha value is -2.35. The van der Waals surface area contributed by atoms with Crippen molar-refractivity contribution in [2.24, 2.45) is 7.05 Å². The molecule has 0 spiro atoms. The van der Waals surface area contributed by atoms with Gasteiger partial charge in [0.1, 0.15) is 11.6 Å². The Balaban J connectivity index is 2.33. The second kappa shape index (κ2) is 5.62. The highest BCUT2D eigenvalue weighted by atomic mass is 79.9. The summed E-state index contributed by atoms with van der Waals surface area (Å²) in [6.07, 6.45) is -4.71. The second-order valence-electron chi connectivity index (χ2n) is 5.17. The highest BCUT2D eigenvalue weighted by Gasteiger charge is 2.34. The Morgan fingerprint density at radius 1 is 1.21 bits per heavy atom. The SMILES string of the molecule is Cn1c(-c2ccc(O)c(C(F)(F)F)c2)nc2c(Br)cccc2c1=O. The smallest absolute Gasteiger partial charge is 0.419 e. The number of aromatic hydroxyl groups is 1. The zero-order valence-corrected chi connectivity index (χ0v) is 13.8. The minimum absolute atomic E-state index is 0.0740. The van der Waals surface area contributed by atoms with Crippen LogP contribution in [0.15, 0.2) is 45.7 Å². The molecule has 124 valence electrons. The van der Waals surface area contributed by atoms with Gasteiger partial charge in [0.25, 0.3) is 5.56 Å². The van der Waals surface area contributed by atoms with E-state index >= 15 is 0 Å². The summed E-state index contributed by atoms with van der Waals surface area (Å²) in [5.74, 6) is -0.803. The third-order valence-corrected chi connectivity index (χ3v) is 4.26. The lowest BCUT2D eigenvalue weighted by atomic mass is 10.1. The van der Waals surface area contributed by atoms with Crippen molar-refractivity contribution in [3.63, 3.8) is 0 Å². The number of rotatable bonds is 1. The van der Waals surface area contributed by atoms with Crippen molar-refractivity contribution >= 4 is 26.8 Å². The fourth-order valence-corrected chi connectivity index (χ4v) is 2.87. The van der Waals surface area contributed by atoms with Gasteiger partial charge >= 0.3 is 6.18 Å². The van der Waals surface area contributed by atoms with Crippen LogP contribution in [-0.4, -0.2) is 14.7 Å². The molecule has 0 atom stereocenters. The first kappa shape index (κ1) is 16.5. The van der Waals surface area contributed by atoms with Crippen LogP contribution in [-0.2, 0) is 13.2 Å². The standard InChI is InChI=1S/C16H10BrF3N2O2/c1-22-14(8-5-6-12(23)10(7-8)16(18,19)20)21-13-9(15(22)24)3-2-4-11(13)17/h2-7,23H,1H3. The Morgan fingerprint density at radius 2 is 1.92 bits per heavy atom. The van der Waals surface area contributed by atoms with E-state index in [1.807, 2.05) is 0 Å². The largest absolute Gasteiger partial charge is 0.507 e. The fraction of sp³-hybridized carbons (Fsp3) is 0.125. The summed E-state index contributed by atoms with van der Waals surface area (Å²) >= 11 is 3.29. The molecule has 0 radical (unpaired) electrons. The Kier molecular flexibility index (Phi) is 3.87. The predicted octanol–water partition coefficient (Wildman–Crippen LogP) is 4.09. The topological polar surface area (TPSA) is 55.1 Å². The van der Waals surface area contributed by atoms with Gasteiger partial charge in [-0.05, 0) is 46.3 Å². The number of aromatic nitrogens is 2. The first-order valence-electron chi connectivity index (χ1n) is 6.76. The molecule has 3 rings (SSSR count). The van der Waals surface area contributed by atoms with Crippen LogP contribution in [0.2, 0.25) is 0 Å². The van der Waals surface area contributed by atoms with Gasteiger partial charge in [0, 0.05) is 17.1 Å². The summed E-state index contributed by atoms with van der Waals surface area (Å²) in [4.78, 5) is 16.8. The molecule has 0 bridgehead atoms. The number of halogens is 4. The van der Waals surface area contributed by atoms with Crippen LogP contribution in [0.5, 0.6) is 5.75 Å². The predicted molar refractivity (Wildman–Crippen MR) is 86.8 cm³/mol. The average Bonchev–Trinajstić information content (AvgIpc) is 2.51. The lowest BCUT2D eigenvalue weighted by molar-refractivity contribution is -0.138. The molecular weight excluding hydrogens is 389 g/mol. The van der Waals surface area contributed by atoms with E-state index in [0.717, 1.165) is 12.1 Å². The number of fused-ring (bicyclic) bond motifs is 1. The number of phenols is 1. The van der Waals surface area contributed by atoms with Gasteiger partial charge in [-0.2, -0.15) is 13.2 Å². The number of hydrogen-bond acceptors (Lipinski definition) is 3. The molecule has 8 heteroatoms. The first-order chi connectivity index (χ1) is 11.2. The van der Waals surface area contributed by atoms with Gasteiger partial charge in [-0.3, -0.25) is 9.36 Å². The normalized spacial score (nSPS) is 11.9. The Labute approximate surface area is 142 Å². The van der Waals surface area contributed by atoms with Crippen molar-refractivity contribution in [2.75, 3.05) is 0 Å². The monoisotopic (exact) mass is 398 g/mol. The van der Waals surface area contributed by atoms with Crippen molar-refractivity contribution in [1.29, 1.82) is 0 Å². The van der Waals surface area contributed by atoms with Crippen LogP contribution in [0.3, 0.4) is 0 Å². The number of benzene rings is 2. The van der Waals surface area contributed by atoms with Gasteiger partial charge in [-0.1, -0.05) is 6.07 Å². The van der Waals surface area contributed by atoms with E-state index in [0.29, 0.717) is 15.4 Å². The molecule has 0 aliphatic heterocycles. The molecule has 0 unspecified atom stereocenters. The van der Waals surface area contributed by atoms with Gasteiger partial charge in [0.05, 0.1) is 16.5 Å². The van der Waals surface area contributed by atoms with Crippen LogP contribution in [0.4, 0.5) is 13.2 Å². The van der Waals surface area contributed by atoms with Gasteiger partial charge in [0.15, 0.2) is 0 Å². The molecule has 24 heavy (non-hydrogen) atoms. The van der Waals surface area contributed by atoms with E-state index in [4.69, 9.17) is 0 Å². The van der Waals surface area contributed by atoms with Crippen molar-refractivity contribution < 1.29 is 18.3 Å². The van der Waals surface area contributed by atoms with Crippen molar-refractivity contribution in [3.05, 3.63) is 56.8 Å². The maximum Gasteiger partial charge on any atom is 0.419 e. The van der Waals surface area contributed by atoms with E-state index in [-0.39, 0.29) is 16.9 Å². The third kappa shape index (κ3) is 2.66. The maximum atomic E-state index is 13.0. The number of nitrogens with zero attached hydrogens (tertiary/aromatic N) is 2. The molecular formula is C16H10BrF3N2O2. The molecule has 2 aromatic carbocycles. The van der Waals surface area contributed by atoms with E-state index in [9.17, 15) is 23.1 Å². The molecule has 3 aromatic rings. The van der Waals surface area contributed by atoms with Gasteiger partial charge in [-0.25, -0.2) is 4.98 Å². The summed E-state index contributed by atoms with van der Waals surface area (Å²) in [6.45, 7) is 0. The number of hydrogen-bond donors (Lipinski definition) is 1. The van der Waals surface area contributed by atoms with E-state index in [1.54, 1.807) is 18.2 Å². The highest BCUT2D eigenvalue weighted by Crippen LogP contribution is 2.37. The molecule has 1 N–H and O–H groups in total. The molecule has 4 nitrogen and oxygen atoms in total. The molecule has 1 heterocycles. The average molecular weight is 399 g/mol. The number of para-hydroxylation sites is 1. The summed E-state index contributed by atoms with van der Waals surface area (Å²) in [7, 11) is 1.44. The molecule has 0 saturated heterocycles. The van der Waals surface area contributed by atoms with Crippen molar-refractivity contribution in [3.8, 4) is 17.1 Å². The van der Waals surface area contributed by atoms with Gasteiger partial charge in [0.2, 0.25) is 0 Å². The molecule has 1 aromatic heterocycles. The summed E-state index contributed by atoms with van der Waals surface area (Å²) < 4.78 is 40.7. The Bertz CT molecular complexity index is 1010. The minimum Gasteiger partial charge on any atom is -0.507 e. The van der Waals surface area contributed by atoms with Crippen LogP contribution in [0.1, 0.15) is 5.56 Å².